The highest BCUT2D eigenvalue weighted by atomic mass is 19.1. The smallest absolute Gasteiger partial charge is 0.255 e. The van der Waals surface area contributed by atoms with Gasteiger partial charge in [-0.05, 0) is 42.8 Å². The molecule has 0 heterocycles. The van der Waals surface area contributed by atoms with Crippen molar-refractivity contribution in [3.8, 4) is 17.2 Å². The molecule has 0 bridgehead atoms. The van der Waals surface area contributed by atoms with E-state index >= 15 is 0 Å². The predicted molar refractivity (Wildman–Crippen MR) is 88.4 cm³/mol. The van der Waals surface area contributed by atoms with E-state index in [1.54, 1.807) is 26.4 Å². The van der Waals surface area contributed by atoms with Gasteiger partial charge in [0.2, 0.25) is 0 Å². The molecule has 24 heavy (non-hydrogen) atoms. The Morgan fingerprint density at radius 2 is 1.58 bits per heavy atom. The number of benzene rings is 2. The maximum absolute atomic E-state index is 13.4. The molecule has 1 amide bonds. The topological polar surface area (TPSA) is 56.8 Å². The fraction of sp³-hybridized carbons (Fsp3) is 0.278. The van der Waals surface area contributed by atoms with Crippen LogP contribution in [0.1, 0.15) is 28.9 Å². The summed E-state index contributed by atoms with van der Waals surface area (Å²) in [6.07, 6.45) is 0. The Bertz CT molecular complexity index is 733. The molecule has 0 aliphatic rings. The largest absolute Gasteiger partial charge is 0.496 e. The molecular formula is C18H20FNO4. The number of hydrogen-bond acceptors (Lipinski definition) is 4. The molecule has 1 unspecified atom stereocenters. The molecule has 0 aliphatic heterocycles. The number of ether oxygens (including phenoxy) is 3. The van der Waals surface area contributed by atoms with E-state index in [2.05, 4.69) is 5.32 Å². The number of amides is 1. The summed E-state index contributed by atoms with van der Waals surface area (Å²) in [4.78, 5) is 12.4. The van der Waals surface area contributed by atoms with Gasteiger partial charge in [-0.2, -0.15) is 0 Å². The molecule has 0 saturated heterocycles. The lowest BCUT2D eigenvalue weighted by Crippen LogP contribution is -2.27. The van der Waals surface area contributed by atoms with Crippen molar-refractivity contribution in [1.82, 2.24) is 5.32 Å². The van der Waals surface area contributed by atoms with Gasteiger partial charge in [0.15, 0.2) is 11.5 Å². The number of carbonyl (C=O) groups is 1. The minimum Gasteiger partial charge on any atom is -0.496 e. The van der Waals surface area contributed by atoms with Crippen molar-refractivity contribution in [2.24, 2.45) is 0 Å². The molecule has 1 atom stereocenters. The van der Waals surface area contributed by atoms with E-state index in [4.69, 9.17) is 14.2 Å². The highest BCUT2D eigenvalue weighted by molar-refractivity contribution is 5.97. The van der Waals surface area contributed by atoms with Crippen LogP contribution in [-0.4, -0.2) is 27.2 Å². The molecule has 6 heteroatoms. The molecule has 2 aromatic carbocycles. The molecule has 2 aromatic rings. The molecule has 0 aliphatic carbocycles. The molecule has 1 N–H and O–H groups in total. The van der Waals surface area contributed by atoms with Gasteiger partial charge >= 0.3 is 0 Å². The van der Waals surface area contributed by atoms with Gasteiger partial charge in [-0.3, -0.25) is 4.79 Å². The van der Waals surface area contributed by atoms with Crippen molar-refractivity contribution in [1.29, 1.82) is 0 Å². The van der Waals surface area contributed by atoms with Crippen molar-refractivity contribution in [2.75, 3.05) is 21.3 Å². The van der Waals surface area contributed by atoms with Gasteiger partial charge in [-0.25, -0.2) is 4.39 Å². The van der Waals surface area contributed by atoms with Crippen LogP contribution in [0.5, 0.6) is 17.2 Å². The zero-order valence-corrected chi connectivity index (χ0v) is 14.1. The SMILES string of the molecule is COc1ccc(C(C)NC(=O)c2cc(F)ccc2OC)cc1OC. The summed E-state index contributed by atoms with van der Waals surface area (Å²) in [5.41, 5.74) is 0.973. The maximum atomic E-state index is 13.4. The quantitative estimate of drug-likeness (QED) is 0.881. The van der Waals surface area contributed by atoms with Crippen molar-refractivity contribution in [3.05, 3.63) is 53.3 Å². The number of halogens is 1. The molecule has 0 aromatic heterocycles. The van der Waals surface area contributed by atoms with Gasteiger partial charge in [0.05, 0.1) is 32.9 Å². The van der Waals surface area contributed by atoms with E-state index in [9.17, 15) is 9.18 Å². The lowest BCUT2D eigenvalue weighted by atomic mass is 10.1. The Kier molecular flexibility index (Phi) is 5.63. The van der Waals surface area contributed by atoms with Gasteiger partial charge in [0, 0.05) is 0 Å². The monoisotopic (exact) mass is 333 g/mol. The fourth-order valence-electron chi connectivity index (χ4n) is 2.34. The third-order valence-corrected chi connectivity index (χ3v) is 3.66. The first-order valence-electron chi connectivity index (χ1n) is 7.36. The second-order valence-electron chi connectivity index (χ2n) is 5.15. The Labute approximate surface area is 140 Å². The number of methoxy groups -OCH3 is 3. The van der Waals surface area contributed by atoms with Crippen LogP contribution in [0.3, 0.4) is 0 Å². The Morgan fingerprint density at radius 3 is 2.21 bits per heavy atom. The van der Waals surface area contributed by atoms with E-state index < -0.39 is 11.7 Å². The highest BCUT2D eigenvalue weighted by Gasteiger charge is 2.17. The summed E-state index contributed by atoms with van der Waals surface area (Å²) in [5, 5.41) is 2.82. The van der Waals surface area contributed by atoms with E-state index in [-0.39, 0.29) is 11.6 Å². The molecule has 0 fully saturated rings. The average molecular weight is 333 g/mol. The number of hydrogen-bond donors (Lipinski definition) is 1. The first-order valence-corrected chi connectivity index (χ1v) is 7.36. The molecule has 2 rings (SSSR count). The second-order valence-corrected chi connectivity index (χ2v) is 5.15. The third-order valence-electron chi connectivity index (χ3n) is 3.66. The minimum absolute atomic E-state index is 0.143. The van der Waals surface area contributed by atoms with Crippen molar-refractivity contribution in [3.63, 3.8) is 0 Å². The van der Waals surface area contributed by atoms with Crippen LogP contribution in [0.15, 0.2) is 36.4 Å². The Balaban J connectivity index is 2.22. The van der Waals surface area contributed by atoms with Crippen LogP contribution >= 0.6 is 0 Å². The van der Waals surface area contributed by atoms with Crippen LogP contribution in [0, 0.1) is 5.82 Å². The molecule has 0 spiro atoms. The summed E-state index contributed by atoms with van der Waals surface area (Å²) in [5.74, 6) is 0.563. The Morgan fingerprint density at radius 1 is 0.958 bits per heavy atom. The lowest BCUT2D eigenvalue weighted by Gasteiger charge is -2.17. The molecular weight excluding hydrogens is 313 g/mol. The van der Waals surface area contributed by atoms with E-state index in [0.717, 1.165) is 11.6 Å². The first kappa shape index (κ1) is 17.6. The molecule has 5 nitrogen and oxygen atoms in total. The highest BCUT2D eigenvalue weighted by Crippen LogP contribution is 2.30. The van der Waals surface area contributed by atoms with Crippen LogP contribution < -0.4 is 19.5 Å². The van der Waals surface area contributed by atoms with E-state index in [0.29, 0.717) is 17.2 Å². The van der Waals surface area contributed by atoms with Gasteiger partial charge < -0.3 is 19.5 Å². The fourth-order valence-corrected chi connectivity index (χ4v) is 2.34. The van der Waals surface area contributed by atoms with E-state index in [1.807, 2.05) is 13.0 Å². The summed E-state index contributed by atoms with van der Waals surface area (Å²) in [7, 11) is 4.53. The standard InChI is InChI=1S/C18H20FNO4/c1-11(12-5-7-16(23-3)17(9-12)24-4)20-18(21)14-10-13(19)6-8-15(14)22-2/h5-11H,1-4H3,(H,20,21). The minimum atomic E-state index is -0.500. The summed E-state index contributed by atoms with van der Waals surface area (Å²) >= 11 is 0. The van der Waals surface area contributed by atoms with Gasteiger partial charge in [-0.1, -0.05) is 6.07 Å². The van der Waals surface area contributed by atoms with Gasteiger partial charge in [0.1, 0.15) is 11.6 Å². The van der Waals surface area contributed by atoms with Crippen LogP contribution in [0.2, 0.25) is 0 Å². The normalized spacial score (nSPS) is 11.5. The van der Waals surface area contributed by atoms with Crippen molar-refractivity contribution >= 4 is 5.91 Å². The van der Waals surface area contributed by atoms with Crippen LogP contribution in [0.4, 0.5) is 4.39 Å². The summed E-state index contributed by atoms with van der Waals surface area (Å²) in [6.45, 7) is 1.82. The number of rotatable bonds is 6. The summed E-state index contributed by atoms with van der Waals surface area (Å²) in [6, 6.07) is 8.88. The predicted octanol–water partition coefficient (Wildman–Crippen LogP) is 3.34. The second kappa shape index (κ2) is 7.68. The third kappa shape index (κ3) is 3.76. The van der Waals surface area contributed by atoms with Crippen molar-refractivity contribution < 1.29 is 23.4 Å². The van der Waals surface area contributed by atoms with E-state index in [1.165, 1.54) is 19.2 Å². The average Bonchev–Trinajstić information content (AvgIpc) is 2.60. The Hall–Kier alpha value is -2.76. The molecule has 0 saturated carbocycles. The van der Waals surface area contributed by atoms with Crippen molar-refractivity contribution in [2.45, 2.75) is 13.0 Å². The van der Waals surface area contributed by atoms with Gasteiger partial charge in [0.25, 0.3) is 5.91 Å². The van der Waals surface area contributed by atoms with Crippen LogP contribution in [0.25, 0.3) is 0 Å². The number of nitrogens with one attached hydrogen (secondary N) is 1. The molecule has 0 radical (unpaired) electrons. The van der Waals surface area contributed by atoms with Gasteiger partial charge in [-0.15, -0.1) is 0 Å². The lowest BCUT2D eigenvalue weighted by molar-refractivity contribution is 0.0936. The van der Waals surface area contributed by atoms with Crippen LogP contribution in [-0.2, 0) is 0 Å². The molecule has 128 valence electrons. The number of carbonyl (C=O) groups excluding carboxylic acids is 1. The summed E-state index contributed by atoms with van der Waals surface area (Å²) < 4.78 is 29.0. The zero-order chi connectivity index (χ0) is 17.7. The first-order chi connectivity index (χ1) is 11.5. The zero-order valence-electron chi connectivity index (χ0n) is 14.1. The maximum Gasteiger partial charge on any atom is 0.255 e.